The first-order valence-corrected chi connectivity index (χ1v) is 4.40. The number of carboxylic acid groups (broad SMARTS) is 1. The van der Waals surface area contributed by atoms with E-state index < -0.39 is 11.6 Å². The van der Waals surface area contributed by atoms with Gasteiger partial charge in [-0.1, -0.05) is 18.2 Å². The average Bonchev–Trinajstić information content (AvgIpc) is 2.16. The lowest BCUT2D eigenvalue weighted by Gasteiger charge is -1.98. The summed E-state index contributed by atoms with van der Waals surface area (Å²) >= 11 is 0. The summed E-state index contributed by atoms with van der Waals surface area (Å²) in [7, 11) is 0. The lowest BCUT2D eigenvalue weighted by Crippen LogP contribution is -2.06. The van der Waals surface area contributed by atoms with Crippen molar-refractivity contribution in [1.29, 1.82) is 0 Å². The molecule has 0 amide bonds. The topological polar surface area (TPSA) is 67.5 Å². The predicted octanol–water partition coefficient (Wildman–Crippen LogP) is 1.42. The fourth-order valence-corrected chi connectivity index (χ4v) is 1.42. The molecule has 0 aliphatic heterocycles. The minimum absolute atomic E-state index is 0.172. The van der Waals surface area contributed by atoms with Gasteiger partial charge in [-0.05, 0) is 17.5 Å². The van der Waals surface area contributed by atoms with Gasteiger partial charge in [-0.15, -0.1) is 0 Å². The van der Waals surface area contributed by atoms with E-state index in [1.54, 1.807) is 30.3 Å². The standard InChI is InChI=1S/C11H8O4/c12-10(13)6-8-5-7-3-1-2-4-9(7)11(14)15-8/h1-5H,6H2,(H,12,13). The fraction of sp³-hybridized carbons (Fsp3) is 0.0909. The van der Waals surface area contributed by atoms with Crippen LogP contribution in [0.2, 0.25) is 0 Å². The number of hydrogen-bond donors (Lipinski definition) is 1. The summed E-state index contributed by atoms with van der Waals surface area (Å²) in [6.45, 7) is 0. The molecule has 1 N–H and O–H groups in total. The number of hydrogen-bond acceptors (Lipinski definition) is 3. The van der Waals surface area contributed by atoms with Gasteiger partial charge >= 0.3 is 11.6 Å². The summed E-state index contributed by atoms with van der Waals surface area (Å²) in [5, 5.41) is 9.73. The average molecular weight is 204 g/mol. The Bertz CT molecular complexity index is 568. The number of rotatable bonds is 2. The summed E-state index contributed by atoms with van der Waals surface area (Å²) in [5.41, 5.74) is -0.496. The highest BCUT2D eigenvalue weighted by atomic mass is 16.4. The highest BCUT2D eigenvalue weighted by Crippen LogP contribution is 2.11. The Labute approximate surface area is 84.8 Å². The van der Waals surface area contributed by atoms with Crippen molar-refractivity contribution < 1.29 is 14.3 Å². The number of aliphatic carboxylic acids is 1. The summed E-state index contributed by atoms with van der Waals surface area (Å²) < 4.78 is 4.86. The van der Waals surface area contributed by atoms with Crippen molar-refractivity contribution in [2.75, 3.05) is 0 Å². The zero-order chi connectivity index (χ0) is 10.8. The lowest BCUT2D eigenvalue weighted by atomic mass is 10.1. The van der Waals surface area contributed by atoms with E-state index in [1.807, 2.05) is 0 Å². The third-order valence-corrected chi connectivity index (χ3v) is 2.05. The first-order valence-electron chi connectivity index (χ1n) is 4.40. The van der Waals surface area contributed by atoms with Crippen LogP contribution in [-0.4, -0.2) is 11.1 Å². The zero-order valence-electron chi connectivity index (χ0n) is 7.77. The molecule has 2 aromatic rings. The molecular formula is C11H8O4. The largest absolute Gasteiger partial charge is 0.481 e. The Balaban J connectivity index is 2.62. The van der Waals surface area contributed by atoms with Crippen LogP contribution in [0.15, 0.2) is 39.5 Å². The van der Waals surface area contributed by atoms with E-state index in [4.69, 9.17) is 9.52 Å². The summed E-state index contributed by atoms with van der Waals surface area (Å²) in [4.78, 5) is 21.9. The van der Waals surface area contributed by atoms with Crippen molar-refractivity contribution in [2.45, 2.75) is 6.42 Å². The van der Waals surface area contributed by atoms with E-state index in [0.29, 0.717) is 10.8 Å². The molecule has 1 heterocycles. The Kier molecular flexibility index (Phi) is 2.25. The van der Waals surface area contributed by atoms with E-state index in [1.165, 1.54) is 0 Å². The quantitative estimate of drug-likeness (QED) is 0.803. The number of fused-ring (bicyclic) bond motifs is 1. The van der Waals surface area contributed by atoms with E-state index in [-0.39, 0.29) is 12.2 Å². The minimum atomic E-state index is -1.02. The van der Waals surface area contributed by atoms with Crippen LogP contribution in [0.25, 0.3) is 10.8 Å². The maximum atomic E-state index is 11.4. The van der Waals surface area contributed by atoms with Gasteiger partial charge in [0.05, 0.1) is 5.39 Å². The number of carboxylic acids is 1. The van der Waals surface area contributed by atoms with Crippen molar-refractivity contribution >= 4 is 16.7 Å². The van der Waals surface area contributed by atoms with E-state index in [0.717, 1.165) is 0 Å². The highest BCUT2D eigenvalue weighted by molar-refractivity contribution is 5.82. The van der Waals surface area contributed by atoms with Crippen LogP contribution in [-0.2, 0) is 11.2 Å². The summed E-state index contributed by atoms with van der Waals surface area (Å²) in [6, 6.07) is 8.48. The van der Waals surface area contributed by atoms with Gasteiger partial charge in [-0.25, -0.2) is 4.79 Å². The van der Waals surface area contributed by atoms with Gasteiger partial charge in [0.25, 0.3) is 0 Å². The third kappa shape index (κ3) is 1.88. The molecule has 1 aromatic carbocycles. The molecule has 0 aliphatic carbocycles. The van der Waals surface area contributed by atoms with Gasteiger partial charge in [-0.3, -0.25) is 4.79 Å². The van der Waals surface area contributed by atoms with Gasteiger partial charge < -0.3 is 9.52 Å². The van der Waals surface area contributed by atoms with Gasteiger partial charge in [0.15, 0.2) is 0 Å². The smallest absolute Gasteiger partial charge is 0.343 e. The Morgan fingerprint density at radius 1 is 1.33 bits per heavy atom. The molecule has 0 aliphatic rings. The van der Waals surface area contributed by atoms with Crippen LogP contribution >= 0.6 is 0 Å². The Hall–Kier alpha value is -2.10. The minimum Gasteiger partial charge on any atom is -0.481 e. The van der Waals surface area contributed by atoms with Crippen molar-refractivity contribution in [1.82, 2.24) is 0 Å². The first kappa shape index (κ1) is 9.45. The number of carbonyl (C=O) groups is 1. The van der Waals surface area contributed by atoms with Gasteiger partial charge in [0, 0.05) is 0 Å². The lowest BCUT2D eigenvalue weighted by molar-refractivity contribution is -0.136. The van der Waals surface area contributed by atoms with Gasteiger partial charge in [-0.2, -0.15) is 0 Å². The molecule has 76 valence electrons. The van der Waals surface area contributed by atoms with Crippen LogP contribution in [0, 0.1) is 0 Å². The molecule has 0 fully saturated rings. The fourth-order valence-electron chi connectivity index (χ4n) is 1.42. The molecule has 0 saturated carbocycles. The predicted molar refractivity (Wildman–Crippen MR) is 53.8 cm³/mol. The van der Waals surface area contributed by atoms with E-state index >= 15 is 0 Å². The van der Waals surface area contributed by atoms with Crippen LogP contribution in [0.5, 0.6) is 0 Å². The third-order valence-electron chi connectivity index (χ3n) is 2.05. The Morgan fingerprint density at radius 3 is 2.80 bits per heavy atom. The normalized spacial score (nSPS) is 10.4. The molecule has 15 heavy (non-hydrogen) atoms. The molecule has 0 bridgehead atoms. The van der Waals surface area contributed by atoms with Crippen LogP contribution in [0.3, 0.4) is 0 Å². The maximum Gasteiger partial charge on any atom is 0.343 e. The van der Waals surface area contributed by atoms with Gasteiger partial charge in [0.2, 0.25) is 0 Å². The molecule has 4 heteroatoms. The molecule has 0 saturated heterocycles. The second kappa shape index (κ2) is 3.57. The van der Waals surface area contributed by atoms with Crippen molar-refractivity contribution in [3.8, 4) is 0 Å². The van der Waals surface area contributed by atoms with Crippen molar-refractivity contribution in [3.63, 3.8) is 0 Å². The van der Waals surface area contributed by atoms with Crippen molar-refractivity contribution in [2.24, 2.45) is 0 Å². The Morgan fingerprint density at radius 2 is 2.07 bits per heavy atom. The van der Waals surface area contributed by atoms with Crippen LogP contribution in [0.4, 0.5) is 0 Å². The SMILES string of the molecule is O=C(O)Cc1cc2ccccc2c(=O)o1. The molecule has 4 nitrogen and oxygen atoms in total. The zero-order valence-corrected chi connectivity index (χ0v) is 7.77. The molecule has 0 unspecified atom stereocenters. The second-order valence-electron chi connectivity index (χ2n) is 3.16. The van der Waals surface area contributed by atoms with E-state index in [2.05, 4.69) is 0 Å². The molecule has 1 aromatic heterocycles. The maximum absolute atomic E-state index is 11.4. The molecular weight excluding hydrogens is 196 g/mol. The second-order valence-corrected chi connectivity index (χ2v) is 3.16. The van der Waals surface area contributed by atoms with Crippen LogP contribution < -0.4 is 5.63 Å². The molecule has 0 spiro atoms. The summed E-state index contributed by atoms with van der Waals surface area (Å²) in [5.74, 6) is -0.848. The molecule has 2 rings (SSSR count). The first-order chi connectivity index (χ1) is 7.16. The van der Waals surface area contributed by atoms with Gasteiger partial charge in [0.1, 0.15) is 12.2 Å². The van der Waals surface area contributed by atoms with Crippen molar-refractivity contribution in [3.05, 3.63) is 46.5 Å². The number of benzene rings is 1. The van der Waals surface area contributed by atoms with E-state index in [9.17, 15) is 9.59 Å². The molecule has 0 radical (unpaired) electrons. The highest BCUT2D eigenvalue weighted by Gasteiger charge is 2.06. The summed E-state index contributed by atoms with van der Waals surface area (Å²) in [6.07, 6.45) is -0.278. The van der Waals surface area contributed by atoms with Crippen LogP contribution in [0.1, 0.15) is 5.76 Å². The molecule has 0 atom stereocenters. The monoisotopic (exact) mass is 204 g/mol.